The molecule has 2 saturated heterocycles. The van der Waals surface area contributed by atoms with Crippen molar-refractivity contribution in [2.24, 2.45) is 11.3 Å². The third kappa shape index (κ3) is 1.55. The Morgan fingerprint density at radius 2 is 1.86 bits per heavy atom. The van der Waals surface area contributed by atoms with Gasteiger partial charge in [0.05, 0.1) is 11.2 Å². The zero-order valence-corrected chi connectivity index (χ0v) is 12.9. The maximum absolute atomic E-state index is 11.8. The molecule has 118 valence electrons. The van der Waals surface area contributed by atoms with Gasteiger partial charge in [0.15, 0.2) is 0 Å². The summed E-state index contributed by atoms with van der Waals surface area (Å²) in [5.74, 6) is -0.176. The van der Waals surface area contributed by atoms with Crippen LogP contribution in [-0.2, 0) is 14.3 Å². The van der Waals surface area contributed by atoms with Crippen molar-refractivity contribution in [3.63, 3.8) is 0 Å². The van der Waals surface area contributed by atoms with Crippen molar-refractivity contribution in [1.29, 1.82) is 0 Å². The molecule has 0 bridgehead atoms. The van der Waals surface area contributed by atoms with Crippen LogP contribution < -0.4 is 0 Å². The molecule has 0 aromatic heterocycles. The molecule has 2 heterocycles. The lowest BCUT2D eigenvalue weighted by Gasteiger charge is -2.61. The second kappa shape index (κ2) is 3.63. The van der Waals surface area contributed by atoms with Crippen molar-refractivity contribution >= 4 is 5.97 Å². The number of epoxide rings is 1. The molecule has 0 amide bonds. The van der Waals surface area contributed by atoms with Gasteiger partial charge in [-0.3, -0.25) is 4.79 Å². The van der Waals surface area contributed by atoms with E-state index in [2.05, 4.69) is 6.92 Å². The van der Waals surface area contributed by atoms with E-state index in [-0.39, 0.29) is 29.5 Å². The summed E-state index contributed by atoms with van der Waals surface area (Å²) in [4.78, 5) is 11.8. The molecule has 0 aromatic carbocycles. The van der Waals surface area contributed by atoms with Crippen molar-refractivity contribution in [3.05, 3.63) is 0 Å². The maximum atomic E-state index is 11.8. The molecule has 2 aliphatic carbocycles. The van der Waals surface area contributed by atoms with Crippen molar-refractivity contribution in [2.75, 3.05) is 0 Å². The van der Waals surface area contributed by atoms with Gasteiger partial charge in [-0.1, -0.05) is 6.92 Å². The molecule has 2 N–H and O–H groups in total. The average Bonchev–Trinajstić information content (AvgIpc) is 3.13. The Labute approximate surface area is 124 Å². The number of aliphatic hydroxyl groups is 2. The van der Waals surface area contributed by atoms with Crippen LogP contribution in [0, 0.1) is 11.3 Å². The van der Waals surface area contributed by atoms with E-state index in [4.69, 9.17) is 9.47 Å². The lowest BCUT2D eigenvalue weighted by molar-refractivity contribution is -0.248. The number of hydrogen-bond acceptors (Lipinski definition) is 5. The molecule has 4 fully saturated rings. The van der Waals surface area contributed by atoms with Crippen LogP contribution in [0.3, 0.4) is 0 Å². The average molecular weight is 296 g/mol. The summed E-state index contributed by atoms with van der Waals surface area (Å²) in [5.41, 5.74) is -2.82. The lowest BCUT2D eigenvalue weighted by atomic mass is 9.47. The monoisotopic (exact) mass is 296 g/mol. The predicted molar refractivity (Wildman–Crippen MR) is 73.4 cm³/mol. The maximum Gasteiger partial charge on any atom is 0.306 e. The van der Waals surface area contributed by atoms with E-state index >= 15 is 0 Å². The Bertz CT molecular complexity index is 517. The Hall–Kier alpha value is -0.650. The van der Waals surface area contributed by atoms with Gasteiger partial charge in [-0.15, -0.1) is 0 Å². The molecule has 7 unspecified atom stereocenters. The van der Waals surface area contributed by atoms with Crippen LogP contribution in [0.1, 0.15) is 52.9 Å². The van der Waals surface area contributed by atoms with Gasteiger partial charge in [-0.2, -0.15) is 0 Å². The molecule has 0 spiro atoms. The summed E-state index contributed by atoms with van der Waals surface area (Å²) in [6.45, 7) is 5.86. The van der Waals surface area contributed by atoms with Gasteiger partial charge in [-0.05, 0) is 39.0 Å². The minimum atomic E-state index is -1.01. The smallest absolute Gasteiger partial charge is 0.306 e. The molecule has 4 rings (SSSR count). The number of fused-ring (bicyclic) bond motifs is 6. The summed E-state index contributed by atoms with van der Waals surface area (Å²) in [6.07, 6.45) is 2.28. The number of carbonyl (C=O) groups excluding carboxylic acids is 1. The molecule has 0 radical (unpaired) electrons. The van der Waals surface area contributed by atoms with Gasteiger partial charge >= 0.3 is 5.97 Å². The first-order valence-electron chi connectivity index (χ1n) is 7.95. The molecular formula is C16H24O5. The summed E-state index contributed by atoms with van der Waals surface area (Å²) in [5, 5.41) is 21.7. The highest BCUT2D eigenvalue weighted by atomic mass is 16.7. The molecular weight excluding hydrogens is 272 g/mol. The summed E-state index contributed by atoms with van der Waals surface area (Å²) < 4.78 is 11.5. The Morgan fingerprint density at radius 1 is 1.14 bits per heavy atom. The van der Waals surface area contributed by atoms with Crippen LogP contribution in [0.15, 0.2) is 0 Å². The van der Waals surface area contributed by atoms with Crippen LogP contribution in [0.25, 0.3) is 0 Å². The topological polar surface area (TPSA) is 79.3 Å². The summed E-state index contributed by atoms with van der Waals surface area (Å²) in [7, 11) is 0. The van der Waals surface area contributed by atoms with Gasteiger partial charge in [0.2, 0.25) is 0 Å². The quantitative estimate of drug-likeness (QED) is 0.518. The van der Waals surface area contributed by atoms with E-state index < -0.39 is 16.8 Å². The van der Waals surface area contributed by atoms with Crippen molar-refractivity contribution in [3.8, 4) is 0 Å². The number of rotatable bonds is 0. The van der Waals surface area contributed by atoms with Crippen LogP contribution in [0.5, 0.6) is 0 Å². The van der Waals surface area contributed by atoms with Crippen molar-refractivity contribution in [1.82, 2.24) is 0 Å². The molecule has 2 saturated carbocycles. The van der Waals surface area contributed by atoms with Gasteiger partial charge in [0.25, 0.3) is 0 Å². The number of hydrogen-bond donors (Lipinski definition) is 2. The number of carbonyl (C=O) groups is 1. The van der Waals surface area contributed by atoms with E-state index in [1.165, 1.54) is 0 Å². The van der Waals surface area contributed by atoms with Gasteiger partial charge in [0, 0.05) is 18.3 Å². The van der Waals surface area contributed by atoms with Crippen LogP contribution >= 0.6 is 0 Å². The molecule has 0 aromatic rings. The Balaban J connectivity index is 1.79. The van der Waals surface area contributed by atoms with Crippen molar-refractivity contribution in [2.45, 2.75) is 81.9 Å². The normalized spacial score (nSPS) is 62.1. The van der Waals surface area contributed by atoms with E-state index in [1.54, 1.807) is 6.92 Å². The van der Waals surface area contributed by atoms with Gasteiger partial charge in [0.1, 0.15) is 17.8 Å². The first-order valence-corrected chi connectivity index (χ1v) is 7.95. The standard InChI is InChI=1S/C16H24O5/c1-13(18)6-4-9-14(2)7-5-10(17)21-15(14,3)11-12(20-11)16(9,19)8-13/h9,11-12,18-19H,4-8H2,1-3H3. The third-order valence-electron chi connectivity index (χ3n) is 6.84. The minimum Gasteiger partial charge on any atom is -0.456 e. The van der Waals surface area contributed by atoms with E-state index in [0.717, 1.165) is 6.42 Å². The van der Waals surface area contributed by atoms with Crippen LogP contribution in [0.2, 0.25) is 0 Å². The van der Waals surface area contributed by atoms with Crippen molar-refractivity contribution < 1.29 is 24.5 Å². The number of esters is 1. The van der Waals surface area contributed by atoms with Gasteiger partial charge in [-0.25, -0.2) is 0 Å². The largest absolute Gasteiger partial charge is 0.456 e. The Morgan fingerprint density at radius 3 is 2.57 bits per heavy atom. The highest BCUT2D eigenvalue weighted by Gasteiger charge is 2.79. The zero-order valence-electron chi connectivity index (χ0n) is 12.9. The second-order valence-corrected chi connectivity index (χ2v) is 8.23. The Kier molecular flexibility index (Phi) is 2.42. The zero-order chi connectivity index (χ0) is 15.3. The van der Waals surface area contributed by atoms with Crippen LogP contribution in [0.4, 0.5) is 0 Å². The fraction of sp³-hybridized carbons (Fsp3) is 0.938. The highest BCUT2D eigenvalue weighted by Crippen LogP contribution is 2.68. The van der Waals surface area contributed by atoms with Gasteiger partial charge < -0.3 is 19.7 Å². The molecule has 21 heavy (non-hydrogen) atoms. The highest BCUT2D eigenvalue weighted by molar-refractivity contribution is 5.71. The van der Waals surface area contributed by atoms with E-state index in [9.17, 15) is 15.0 Å². The first kappa shape index (κ1) is 14.0. The second-order valence-electron chi connectivity index (χ2n) is 8.23. The predicted octanol–water partition coefficient (Wildman–Crippen LogP) is 1.15. The minimum absolute atomic E-state index is 0.00734. The fourth-order valence-electron chi connectivity index (χ4n) is 5.52. The first-order chi connectivity index (χ1) is 9.62. The fourth-order valence-corrected chi connectivity index (χ4v) is 5.52. The molecule has 5 heteroatoms. The molecule has 7 atom stereocenters. The SMILES string of the molecule is CC1(O)CCC2C(O)(C1)C1OC1C1(C)OC(=O)CCC21C. The third-order valence-corrected chi connectivity index (χ3v) is 6.84. The van der Waals surface area contributed by atoms with Crippen LogP contribution in [-0.4, -0.2) is 45.2 Å². The molecule has 2 aliphatic heterocycles. The van der Waals surface area contributed by atoms with E-state index in [0.29, 0.717) is 25.7 Å². The molecule has 4 aliphatic rings. The van der Waals surface area contributed by atoms with E-state index in [1.807, 2.05) is 6.92 Å². The lowest BCUT2D eigenvalue weighted by Crippen LogP contribution is -2.71. The number of ether oxygens (including phenoxy) is 2. The molecule has 5 nitrogen and oxygen atoms in total. The summed E-state index contributed by atoms with van der Waals surface area (Å²) >= 11 is 0. The summed E-state index contributed by atoms with van der Waals surface area (Å²) in [6, 6.07) is 0.